The van der Waals surface area contributed by atoms with Crippen molar-refractivity contribution in [1.29, 1.82) is 0 Å². The highest BCUT2D eigenvalue weighted by Crippen LogP contribution is 2.24. The maximum atomic E-state index is 12.0. The van der Waals surface area contributed by atoms with Crippen LogP contribution < -0.4 is 0 Å². The number of nitrogens with zero attached hydrogens (tertiary/aromatic N) is 1. The summed E-state index contributed by atoms with van der Waals surface area (Å²) in [6, 6.07) is 10.2. The molecule has 1 heterocycles. The number of rotatable bonds is 3. The number of benzene rings is 1. The predicted octanol–water partition coefficient (Wildman–Crippen LogP) is 2.85. The van der Waals surface area contributed by atoms with Crippen LogP contribution in [0.5, 0.6) is 0 Å². The van der Waals surface area contributed by atoms with Crippen LogP contribution in [0.1, 0.15) is 32.8 Å². The Balaban J connectivity index is 1.85. The third-order valence-corrected chi connectivity index (χ3v) is 3.70. The van der Waals surface area contributed by atoms with Gasteiger partial charge in [0, 0.05) is 12.5 Å². The van der Waals surface area contributed by atoms with Gasteiger partial charge in [-0.05, 0) is 39.2 Å². The lowest BCUT2D eigenvalue weighted by molar-refractivity contribution is 0.0269. The fourth-order valence-electron chi connectivity index (χ4n) is 2.61. The van der Waals surface area contributed by atoms with Crippen molar-refractivity contribution in [3.63, 3.8) is 0 Å². The van der Waals surface area contributed by atoms with Crippen LogP contribution in [0.3, 0.4) is 0 Å². The molecule has 1 fully saturated rings. The van der Waals surface area contributed by atoms with E-state index in [0.717, 1.165) is 12.8 Å². The largest absolute Gasteiger partial charge is 0.444 e. The summed E-state index contributed by atoms with van der Waals surface area (Å²) in [6.07, 6.45) is 1.01. The molecule has 0 aromatic heterocycles. The smallest absolute Gasteiger partial charge is 0.410 e. The molecule has 1 aromatic carbocycles. The Morgan fingerprint density at radius 1 is 1.29 bits per heavy atom. The first-order chi connectivity index (χ1) is 9.85. The molecule has 0 bridgehead atoms. The van der Waals surface area contributed by atoms with Crippen LogP contribution in [0, 0.1) is 5.92 Å². The Bertz CT molecular complexity index is 467. The normalized spacial score (nSPS) is 22.4. The van der Waals surface area contributed by atoms with Crippen molar-refractivity contribution in [2.45, 2.75) is 45.3 Å². The molecule has 4 nitrogen and oxygen atoms in total. The molecule has 0 unspecified atom stereocenters. The minimum Gasteiger partial charge on any atom is -0.444 e. The van der Waals surface area contributed by atoms with Gasteiger partial charge in [-0.1, -0.05) is 30.3 Å². The second-order valence-electron chi connectivity index (χ2n) is 6.74. The second-order valence-corrected chi connectivity index (χ2v) is 6.74. The lowest BCUT2D eigenvalue weighted by Gasteiger charge is -2.24. The summed E-state index contributed by atoms with van der Waals surface area (Å²) in [5.74, 6) is 0.123. The van der Waals surface area contributed by atoms with E-state index in [2.05, 4.69) is 12.1 Å². The van der Waals surface area contributed by atoms with E-state index in [-0.39, 0.29) is 12.0 Å². The highest BCUT2D eigenvalue weighted by molar-refractivity contribution is 5.68. The standard InChI is InChI=1S/C17H25NO3/c1-17(2,3)21-16(20)18-11-14(15(19)12-18)10-9-13-7-5-4-6-8-13/h4-8,14-15,19H,9-12H2,1-3H3/t14-,15+/m1/s1. The molecule has 1 aliphatic rings. The lowest BCUT2D eigenvalue weighted by atomic mass is 9.97. The SMILES string of the molecule is CC(C)(C)OC(=O)N1C[C@@H](CCc2ccccc2)[C@@H](O)C1. The highest BCUT2D eigenvalue weighted by atomic mass is 16.6. The van der Waals surface area contributed by atoms with Crippen LogP contribution in [-0.4, -0.2) is 40.9 Å². The fourth-order valence-corrected chi connectivity index (χ4v) is 2.61. The number of likely N-dealkylation sites (tertiary alicyclic amines) is 1. The van der Waals surface area contributed by atoms with Gasteiger partial charge in [-0.3, -0.25) is 0 Å². The maximum absolute atomic E-state index is 12.0. The zero-order valence-corrected chi connectivity index (χ0v) is 13.1. The molecule has 0 radical (unpaired) electrons. The van der Waals surface area contributed by atoms with Gasteiger partial charge >= 0.3 is 6.09 Å². The van der Waals surface area contributed by atoms with Crippen molar-refractivity contribution in [3.05, 3.63) is 35.9 Å². The van der Waals surface area contributed by atoms with Crippen molar-refractivity contribution in [2.24, 2.45) is 5.92 Å². The summed E-state index contributed by atoms with van der Waals surface area (Å²) in [4.78, 5) is 13.6. The van der Waals surface area contributed by atoms with Crippen molar-refractivity contribution in [2.75, 3.05) is 13.1 Å². The van der Waals surface area contributed by atoms with E-state index < -0.39 is 11.7 Å². The molecule has 0 aliphatic carbocycles. The summed E-state index contributed by atoms with van der Waals surface area (Å²) < 4.78 is 5.36. The van der Waals surface area contributed by atoms with Gasteiger partial charge in [0.15, 0.2) is 0 Å². The molecule has 4 heteroatoms. The fraction of sp³-hybridized carbons (Fsp3) is 0.588. The van der Waals surface area contributed by atoms with Crippen molar-refractivity contribution >= 4 is 6.09 Å². The Hall–Kier alpha value is -1.55. The molecular formula is C17H25NO3. The van der Waals surface area contributed by atoms with E-state index in [9.17, 15) is 9.90 Å². The maximum Gasteiger partial charge on any atom is 0.410 e. The van der Waals surface area contributed by atoms with Crippen LogP contribution in [0.25, 0.3) is 0 Å². The third kappa shape index (κ3) is 4.74. The average molecular weight is 291 g/mol. The molecule has 0 saturated carbocycles. The van der Waals surface area contributed by atoms with Crippen molar-refractivity contribution in [1.82, 2.24) is 4.90 Å². The summed E-state index contributed by atoms with van der Waals surface area (Å²) in [7, 11) is 0. The molecule has 1 N–H and O–H groups in total. The summed E-state index contributed by atoms with van der Waals surface area (Å²) in [5.41, 5.74) is 0.768. The number of amides is 1. The number of β-amino-alcohol motifs (C(OH)–C–C–N with tert-alkyl or cyclic N) is 1. The van der Waals surface area contributed by atoms with Gasteiger partial charge in [-0.2, -0.15) is 0 Å². The van der Waals surface area contributed by atoms with E-state index in [1.807, 2.05) is 39.0 Å². The molecule has 1 saturated heterocycles. The minimum atomic E-state index is -0.496. The van der Waals surface area contributed by atoms with Crippen LogP contribution >= 0.6 is 0 Å². The van der Waals surface area contributed by atoms with Crippen LogP contribution in [-0.2, 0) is 11.2 Å². The number of ether oxygens (including phenoxy) is 1. The summed E-state index contributed by atoms with van der Waals surface area (Å²) in [5, 5.41) is 10.1. The van der Waals surface area contributed by atoms with Gasteiger partial charge < -0.3 is 14.7 Å². The molecule has 1 aromatic rings. The van der Waals surface area contributed by atoms with Crippen molar-refractivity contribution in [3.8, 4) is 0 Å². The number of hydrogen-bond donors (Lipinski definition) is 1. The minimum absolute atomic E-state index is 0.123. The molecule has 2 rings (SSSR count). The van der Waals surface area contributed by atoms with E-state index in [1.54, 1.807) is 4.90 Å². The molecule has 1 amide bonds. The Kier molecular flexibility index (Phi) is 4.88. The molecule has 2 atom stereocenters. The quantitative estimate of drug-likeness (QED) is 0.931. The summed E-state index contributed by atoms with van der Waals surface area (Å²) in [6.45, 7) is 6.50. The highest BCUT2D eigenvalue weighted by Gasteiger charge is 2.35. The Morgan fingerprint density at radius 3 is 2.57 bits per heavy atom. The van der Waals surface area contributed by atoms with Gasteiger partial charge in [0.05, 0.1) is 12.6 Å². The van der Waals surface area contributed by atoms with Gasteiger partial charge in [0.2, 0.25) is 0 Å². The first kappa shape index (κ1) is 15.8. The Labute approximate surface area is 126 Å². The molecule has 0 spiro atoms. The number of aliphatic hydroxyl groups excluding tert-OH is 1. The number of carbonyl (C=O) groups is 1. The van der Waals surface area contributed by atoms with Gasteiger partial charge in [-0.15, -0.1) is 0 Å². The number of hydrogen-bond acceptors (Lipinski definition) is 3. The molecule has 21 heavy (non-hydrogen) atoms. The molecule has 116 valence electrons. The van der Waals surface area contributed by atoms with E-state index in [0.29, 0.717) is 13.1 Å². The average Bonchev–Trinajstić information content (AvgIpc) is 2.77. The number of aryl methyl sites for hydroxylation is 1. The van der Waals surface area contributed by atoms with E-state index >= 15 is 0 Å². The van der Waals surface area contributed by atoms with Gasteiger partial charge in [0.1, 0.15) is 5.60 Å². The Morgan fingerprint density at radius 2 is 1.95 bits per heavy atom. The monoisotopic (exact) mass is 291 g/mol. The predicted molar refractivity (Wildman–Crippen MR) is 82.1 cm³/mol. The number of aliphatic hydroxyl groups is 1. The van der Waals surface area contributed by atoms with Gasteiger partial charge in [0.25, 0.3) is 0 Å². The first-order valence-corrected chi connectivity index (χ1v) is 7.55. The zero-order chi connectivity index (χ0) is 15.5. The van der Waals surface area contributed by atoms with E-state index in [4.69, 9.17) is 4.74 Å². The van der Waals surface area contributed by atoms with E-state index in [1.165, 1.54) is 5.56 Å². The second kappa shape index (κ2) is 6.48. The molecular weight excluding hydrogens is 266 g/mol. The third-order valence-electron chi connectivity index (χ3n) is 3.70. The topological polar surface area (TPSA) is 49.8 Å². The number of carbonyl (C=O) groups excluding carboxylic acids is 1. The lowest BCUT2D eigenvalue weighted by Crippen LogP contribution is -2.35. The van der Waals surface area contributed by atoms with Gasteiger partial charge in [-0.25, -0.2) is 4.79 Å². The van der Waals surface area contributed by atoms with Crippen molar-refractivity contribution < 1.29 is 14.6 Å². The summed E-state index contributed by atoms with van der Waals surface area (Å²) >= 11 is 0. The van der Waals surface area contributed by atoms with Crippen LogP contribution in [0.4, 0.5) is 4.79 Å². The molecule has 1 aliphatic heterocycles. The first-order valence-electron chi connectivity index (χ1n) is 7.55. The van der Waals surface area contributed by atoms with Crippen LogP contribution in [0.15, 0.2) is 30.3 Å². The van der Waals surface area contributed by atoms with Crippen LogP contribution in [0.2, 0.25) is 0 Å². The zero-order valence-electron chi connectivity index (χ0n) is 13.1.